The lowest BCUT2D eigenvalue weighted by atomic mass is 9.66. The second-order valence-corrected chi connectivity index (χ2v) is 14.1. The predicted molar refractivity (Wildman–Crippen MR) is 226 cm³/mol. The summed E-state index contributed by atoms with van der Waals surface area (Å²) in [6.07, 6.45) is -0.291. The quantitative estimate of drug-likeness (QED) is 0.176. The van der Waals surface area contributed by atoms with Crippen molar-refractivity contribution in [3.05, 3.63) is 251 Å². The average molecular weight is 704 g/mol. The second-order valence-electron chi connectivity index (χ2n) is 14.1. The summed E-state index contributed by atoms with van der Waals surface area (Å²) in [4.78, 5) is 10.2. The largest absolute Gasteiger partial charge is 0.344 e. The molecule has 0 bridgehead atoms. The molecule has 0 aromatic heterocycles. The average Bonchev–Trinajstić information content (AvgIpc) is 3.59. The Hall–Kier alpha value is -7.10. The van der Waals surface area contributed by atoms with Gasteiger partial charge in [0.25, 0.3) is 0 Å². The fourth-order valence-electron chi connectivity index (χ4n) is 8.52. The molecular weight excluding hydrogens is 667 g/mol. The third kappa shape index (κ3) is 5.60. The van der Waals surface area contributed by atoms with Gasteiger partial charge in [0, 0.05) is 11.1 Å². The van der Waals surface area contributed by atoms with Gasteiger partial charge in [-0.1, -0.05) is 212 Å². The number of benzene rings is 8. The zero-order chi connectivity index (χ0) is 36.6. The van der Waals surface area contributed by atoms with Crippen LogP contribution in [0.15, 0.2) is 222 Å². The van der Waals surface area contributed by atoms with Crippen LogP contribution in [0.2, 0.25) is 0 Å². The van der Waals surface area contributed by atoms with Crippen LogP contribution in [0.3, 0.4) is 0 Å². The molecule has 3 heteroatoms. The number of rotatable bonds is 7. The lowest BCUT2D eigenvalue weighted by Gasteiger charge is -2.35. The molecule has 2 aliphatic rings. The molecule has 260 valence electrons. The van der Waals surface area contributed by atoms with Crippen LogP contribution < -0.4 is 5.32 Å². The van der Waals surface area contributed by atoms with E-state index in [0.29, 0.717) is 5.84 Å². The first-order chi connectivity index (χ1) is 27.3. The van der Waals surface area contributed by atoms with E-state index in [2.05, 4.69) is 193 Å². The molecule has 10 rings (SSSR count). The third-order valence-corrected chi connectivity index (χ3v) is 11.1. The van der Waals surface area contributed by atoms with Crippen molar-refractivity contribution in [1.29, 1.82) is 0 Å². The molecule has 3 nitrogen and oxygen atoms in total. The van der Waals surface area contributed by atoms with Gasteiger partial charge in [0.05, 0.1) is 5.41 Å². The van der Waals surface area contributed by atoms with E-state index >= 15 is 0 Å². The Kier molecular flexibility index (Phi) is 8.11. The van der Waals surface area contributed by atoms with Crippen molar-refractivity contribution in [3.8, 4) is 33.4 Å². The minimum Gasteiger partial charge on any atom is -0.344 e. The molecule has 8 aromatic rings. The van der Waals surface area contributed by atoms with Crippen molar-refractivity contribution >= 4 is 11.7 Å². The van der Waals surface area contributed by atoms with Gasteiger partial charge in [0.1, 0.15) is 12.0 Å². The molecule has 0 radical (unpaired) electrons. The normalized spacial score (nSPS) is 15.2. The molecule has 1 atom stereocenters. The molecule has 1 heterocycles. The highest BCUT2D eigenvalue weighted by molar-refractivity contribution is 6.13. The van der Waals surface area contributed by atoms with Gasteiger partial charge in [-0.15, -0.1) is 0 Å². The van der Waals surface area contributed by atoms with Crippen LogP contribution in [-0.2, 0) is 5.41 Å². The highest BCUT2D eigenvalue weighted by Gasteiger charge is 2.47. The first-order valence-electron chi connectivity index (χ1n) is 18.9. The number of aliphatic imine (C=N–C) groups is 2. The summed E-state index contributed by atoms with van der Waals surface area (Å²) in [5.74, 6) is 1.51. The maximum absolute atomic E-state index is 5.12. The molecule has 0 saturated carbocycles. The first kappa shape index (κ1) is 32.5. The van der Waals surface area contributed by atoms with Gasteiger partial charge in [-0.3, -0.25) is 0 Å². The van der Waals surface area contributed by atoms with E-state index in [1.165, 1.54) is 50.1 Å². The second kappa shape index (κ2) is 13.7. The van der Waals surface area contributed by atoms with Gasteiger partial charge in [0.15, 0.2) is 5.84 Å². The summed E-state index contributed by atoms with van der Waals surface area (Å²) in [6, 6.07) is 75.9. The van der Waals surface area contributed by atoms with Gasteiger partial charge in [-0.25, -0.2) is 9.98 Å². The topological polar surface area (TPSA) is 36.8 Å². The summed E-state index contributed by atoms with van der Waals surface area (Å²) in [7, 11) is 0. The number of fused-ring (bicyclic) bond motifs is 3. The van der Waals surface area contributed by atoms with Crippen LogP contribution in [0.1, 0.15) is 45.1 Å². The molecule has 1 unspecified atom stereocenters. The minimum absolute atomic E-state index is 0.291. The lowest BCUT2D eigenvalue weighted by molar-refractivity contribution is 0.674. The van der Waals surface area contributed by atoms with Gasteiger partial charge in [-0.05, 0) is 61.2 Å². The van der Waals surface area contributed by atoms with Gasteiger partial charge in [-0.2, -0.15) is 0 Å². The molecule has 0 fully saturated rings. The Morgan fingerprint density at radius 2 is 0.873 bits per heavy atom. The number of hydrogen-bond acceptors (Lipinski definition) is 3. The summed E-state index contributed by atoms with van der Waals surface area (Å²) in [6.45, 7) is 0. The Balaban J connectivity index is 1.07. The Labute approximate surface area is 322 Å². The molecule has 0 amide bonds. The smallest absolute Gasteiger partial charge is 0.159 e. The van der Waals surface area contributed by atoms with Crippen molar-refractivity contribution in [2.45, 2.75) is 11.6 Å². The Bertz CT molecular complexity index is 2640. The van der Waals surface area contributed by atoms with E-state index in [0.717, 1.165) is 28.1 Å². The van der Waals surface area contributed by atoms with Crippen molar-refractivity contribution in [2.24, 2.45) is 9.98 Å². The molecule has 1 aliphatic carbocycles. The maximum Gasteiger partial charge on any atom is 0.159 e. The van der Waals surface area contributed by atoms with Crippen molar-refractivity contribution < 1.29 is 0 Å². The van der Waals surface area contributed by atoms with Crippen LogP contribution in [0.4, 0.5) is 0 Å². The minimum atomic E-state index is -0.483. The molecule has 55 heavy (non-hydrogen) atoms. The number of amidine groups is 2. The Morgan fingerprint density at radius 3 is 1.53 bits per heavy atom. The van der Waals surface area contributed by atoms with Crippen LogP contribution in [0.25, 0.3) is 33.4 Å². The highest BCUT2D eigenvalue weighted by Crippen LogP contribution is 2.58. The third-order valence-electron chi connectivity index (χ3n) is 11.1. The van der Waals surface area contributed by atoms with Crippen molar-refractivity contribution in [3.63, 3.8) is 0 Å². The van der Waals surface area contributed by atoms with Crippen LogP contribution in [0, 0.1) is 0 Å². The standard InChI is InChI=1S/C52H37N3/c1-5-16-36(17-6-1)37-28-32-40(33-29-37)50-53-49(39-18-7-2-8-19-39)54-51(55-50)41-34-30-38(31-35-41)44-25-15-26-46-45-24-13-14-27-47(45)52(48(44)46,42-20-9-3-10-21-42)43-22-11-4-12-23-43/h1-35,50H,(H,53,54,55). The zero-order valence-electron chi connectivity index (χ0n) is 30.2. The summed E-state index contributed by atoms with van der Waals surface area (Å²) < 4.78 is 0. The van der Waals surface area contributed by atoms with Gasteiger partial charge < -0.3 is 5.32 Å². The van der Waals surface area contributed by atoms with Crippen LogP contribution in [-0.4, -0.2) is 11.7 Å². The van der Waals surface area contributed by atoms with E-state index in [9.17, 15) is 0 Å². The summed E-state index contributed by atoms with van der Waals surface area (Å²) in [5, 5.41) is 3.68. The fourth-order valence-corrected chi connectivity index (χ4v) is 8.52. The zero-order valence-corrected chi connectivity index (χ0v) is 30.2. The monoisotopic (exact) mass is 703 g/mol. The Morgan fingerprint density at radius 1 is 0.382 bits per heavy atom. The van der Waals surface area contributed by atoms with Crippen molar-refractivity contribution in [1.82, 2.24) is 5.32 Å². The van der Waals surface area contributed by atoms with Crippen LogP contribution >= 0.6 is 0 Å². The molecule has 0 saturated heterocycles. The van der Waals surface area contributed by atoms with Gasteiger partial charge >= 0.3 is 0 Å². The fraction of sp³-hybridized carbons (Fsp3) is 0.0385. The van der Waals surface area contributed by atoms with E-state index < -0.39 is 5.41 Å². The first-order valence-corrected chi connectivity index (χ1v) is 18.9. The van der Waals surface area contributed by atoms with Crippen molar-refractivity contribution in [2.75, 3.05) is 0 Å². The predicted octanol–water partition coefficient (Wildman–Crippen LogP) is 11.9. The van der Waals surface area contributed by atoms with Crippen LogP contribution in [0.5, 0.6) is 0 Å². The maximum atomic E-state index is 5.12. The van der Waals surface area contributed by atoms with E-state index in [1.807, 2.05) is 24.3 Å². The van der Waals surface area contributed by atoms with E-state index in [4.69, 9.17) is 9.98 Å². The van der Waals surface area contributed by atoms with E-state index in [1.54, 1.807) is 0 Å². The number of nitrogens with one attached hydrogen (secondary N) is 1. The highest BCUT2D eigenvalue weighted by atomic mass is 15.2. The molecule has 0 spiro atoms. The molecule has 1 aliphatic heterocycles. The molecule has 1 N–H and O–H groups in total. The lowest BCUT2D eigenvalue weighted by Crippen LogP contribution is -2.33. The molecule has 8 aromatic carbocycles. The van der Waals surface area contributed by atoms with Gasteiger partial charge in [0.2, 0.25) is 0 Å². The SMILES string of the molecule is c1ccc(C2=NC(c3ccc(-c4ccccc4)cc3)NC(c3ccc(-c4cccc5c4C(c4ccccc4)(c4ccccc4)c4ccccc4-5)cc3)=N2)cc1. The van der Waals surface area contributed by atoms with E-state index in [-0.39, 0.29) is 6.17 Å². The number of hydrogen-bond donors (Lipinski definition) is 1. The molecular formula is C52H37N3. The summed E-state index contributed by atoms with van der Waals surface area (Å²) in [5.41, 5.74) is 15.0. The number of nitrogens with zero attached hydrogens (tertiary/aromatic N) is 2. The summed E-state index contributed by atoms with van der Waals surface area (Å²) >= 11 is 0.